The molecule has 0 bridgehead atoms. The first-order valence-electron chi connectivity index (χ1n) is 5.57. The van der Waals surface area contributed by atoms with Crippen LogP contribution in [-0.4, -0.2) is 37.0 Å². The van der Waals surface area contributed by atoms with E-state index in [1.807, 2.05) is 11.9 Å². The minimum Gasteiger partial charge on any atom is -0.343 e. The molecule has 0 unspecified atom stereocenters. The fraction of sp³-hybridized carbons (Fsp3) is 0.909. The van der Waals surface area contributed by atoms with Crippen molar-refractivity contribution in [3.8, 4) is 0 Å². The number of hydrogen-bond acceptors (Lipinski definition) is 2. The number of nitrogens with one attached hydrogen (secondary N) is 1. The van der Waals surface area contributed by atoms with Gasteiger partial charge < -0.3 is 10.2 Å². The van der Waals surface area contributed by atoms with Gasteiger partial charge in [-0.15, -0.1) is 0 Å². The molecule has 3 nitrogen and oxygen atoms in total. The first kappa shape index (κ1) is 11.5. The molecule has 1 rings (SSSR count). The second-order valence-corrected chi connectivity index (χ2v) is 4.58. The SMILES string of the molecule is CC(C)CNCC[C@H]1CCC(=O)N1C. The van der Waals surface area contributed by atoms with Crippen LogP contribution in [0.2, 0.25) is 0 Å². The third-order valence-corrected chi connectivity index (χ3v) is 2.84. The average Bonchev–Trinajstić information content (AvgIpc) is 2.43. The molecule has 1 amide bonds. The van der Waals surface area contributed by atoms with E-state index < -0.39 is 0 Å². The van der Waals surface area contributed by atoms with Crippen molar-refractivity contribution in [2.45, 2.75) is 39.2 Å². The lowest BCUT2D eigenvalue weighted by Crippen LogP contribution is -2.32. The molecule has 0 radical (unpaired) electrons. The number of rotatable bonds is 5. The Balaban J connectivity index is 2.10. The van der Waals surface area contributed by atoms with Gasteiger partial charge in [0, 0.05) is 19.5 Å². The fourth-order valence-corrected chi connectivity index (χ4v) is 1.86. The smallest absolute Gasteiger partial charge is 0.222 e. The first-order valence-corrected chi connectivity index (χ1v) is 5.57. The number of carbonyl (C=O) groups is 1. The van der Waals surface area contributed by atoms with Gasteiger partial charge in [-0.2, -0.15) is 0 Å². The van der Waals surface area contributed by atoms with Crippen molar-refractivity contribution in [3.63, 3.8) is 0 Å². The molecule has 1 aliphatic heterocycles. The molecule has 14 heavy (non-hydrogen) atoms. The van der Waals surface area contributed by atoms with Gasteiger partial charge in [-0.05, 0) is 31.8 Å². The molecular formula is C11H22N2O. The van der Waals surface area contributed by atoms with Crippen molar-refractivity contribution in [2.75, 3.05) is 20.1 Å². The lowest BCUT2D eigenvalue weighted by atomic mass is 10.1. The second kappa shape index (κ2) is 5.35. The summed E-state index contributed by atoms with van der Waals surface area (Å²) in [7, 11) is 1.92. The molecule has 0 saturated carbocycles. The molecule has 1 N–H and O–H groups in total. The standard InChI is InChI=1S/C11H22N2O/c1-9(2)8-12-7-6-10-4-5-11(14)13(10)3/h9-10,12H,4-8H2,1-3H3/t10-/m1/s1. The molecule has 0 aromatic rings. The highest BCUT2D eigenvalue weighted by molar-refractivity contribution is 5.78. The van der Waals surface area contributed by atoms with Crippen LogP contribution in [0.1, 0.15) is 33.1 Å². The maximum Gasteiger partial charge on any atom is 0.222 e. The summed E-state index contributed by atoms with van der Waals surface area (Å²) in [6, 6.07) is 0.474. The third-order valence-electron chi connectivity index (χ3n) is 2.84. The van der Waals surface area contributed by atoms with E-state index in [1.165, 1.54) is 0 Å². The highest BCUT2D eigenvalue weighted by Crippen LogP contribution is 2.18. The molecule has 0 aromatic carbocycles. The van der Waals surface area contributed by atoms with Gasteiger partial charge in [0.05, 0.1) is 0 Å². The van der Waals surface area contributed by atoms with E-state index in [0.717, 1.165) is 32.4 Å². The summed E-state index contributed by atoms with van der Waals surface area (Å²) in [6.07, 6.45) is 2.87. The summed E-state index contributed by atoms with van der Waals surface area (Å²) in [4.78, 5) is 13.1. The van der Waals surface area contributed by atoms with E-state index in [4.69, 9.17) is 0 Å². The van der Waals surface area contributed by atoms with E-state index in [2.05, 4.69) is 19.2 Å². The van der Waals surface area contributed by atoms with Gasteiger partial charge in [-0.3, -0.25) is 4.79 Å². The normalized spacial score (nSPS) is 22.4. The number of likely N-dealkylation sites (tertiary alicyclic amines) is 1. The highest BCUT2D eigenvalue weighted by Gasteiger charge is 2.26. The molecule has 1 fully saturated rings. The molecule has 3 heteroatoms. The van der Waals surface area contributed by atoms with Crippen LogP contribution in [0.15, 0.2) is 0 Å². The van der Waals surface area contributed by atoms with E-state index in [-0.39, 0.29) is 0 Å². The number of nitrogens with zero attached hydrogens (tertiary/aromatic N) is 1. The Bertz CT molecular complexity index is 192. The Hall–Kier alpha value is -0.570. The van der Waals surface area contributed by atoms with E-state index in [0.29, 0.717) is 17.9 Å². The quantitative estimate of drug-likeness (QED) is 0.674. The van der Waals surface area contributed by atoms with Gasteiger partial charge in [0.25, 0.3) is 0 Å². The van der Waals surface area contributed by atoms with Gasteiger partial charge in [-0.1, -0.05) is 13.8 Å². The van der Waals surface area contributed by atoms with Gasteiger partial charge in [-0.25, -0.2) is 0 Å². The summed E-state index contributed by atoms with van der Waals surface area (Å²) in [5.41, 5.74) is 0. The van der Waals surface area contributed by atoms with Gasteiger partial charge in [0.1, 0.15) is 0 Å². The summed E-state index contributed by atoms with van der Waals surface area (Å²) in [5.74, 6) is 1.01. The summed E-state index contributed by atoms with van der Waals surface area (Å²) >= 11 is 0. The van der Waals surface area contributed by atoms with Gasteiger partial charge in [0.15, 0.2) is 0 Å². The Labute approximate surface area is 86.9 Å². The molecule has 1 atom stereocenters. The molecular weight excluding hydrogens is 176 g/mol. The minimum atomic E-state index is 0.304. The highest BCUT2D eigenvalue weighted by atomic mass is 16.2. The predicted octanol–water partition coefficient (Wildman–Crippen LogP) is 1.24. The van der Waals surface area contributed by atoms with E-state index >= 15 is 0 Å². The Morgan fingerprint density at radius 2 is 2.29 bits per heavy atom. The van der Waals surface area contributed by atoms with Crippen molar-refractivity contribution < 1.29 is 4.79 Å². The van der Waals surface area contributed by atoms with Crippen LogP contribution < -0.4 is 5.32 Å². The maximum atomic E-state index is 11.2. The summed E-state index contributed by atoms with van der Waals surface area (Å²) in [6.45, 7) is 6.52. The maximum absolute atomic E-state index is 11.2. The molecule has 0 aromatic heterocycles. The first-order chi connectivity index (χ1) is 6.61. The van der Waals surface area contributed by atoms with Gasteiger partial charge in [0.2, 0.25) is 5.91 Å². The van der Waals surface area contributed by atoms with Crippen molar-refractivity contribution in [1.82, 2.24) is 10.2 Å². The fourth-order valence-electron chi connectivity index (χ4n) is 1.86. The van der Waals surface area contributed by atoms with Crippen LogP contribution in [0.3, 0.4) is 0 Å². The van der Waals surface area contributed by atoms with Crippen molar-refractivity contribution in [1.29, 1.82) is 0 Å². The van der Waals surface area contributed by atoms with Crippen LogP contribution in [0.5, 0.6) is 0 Å². The number of amides is 1. The minimum absolute atomic E-state index is 0.304. The van der Waals surface area contributed by atoms with Crippen molar-refractivity contribution in [2.24, 2.45) is 5.92 Å². The lowest BCUT2D eigenvalue weighted by Gasteiger charge is -2.20. The zero-order valence-corrected chi connectivity index (χ0v) is 9.55. The van der Waals surface area contributed by atoms with Crippen LogP contribution in [-0.2, 0) is 4.79 Å². The Morgan fingerprint density at radius 1 is 1.57 bits per heavy atom. The van der Waals surface area contributed by atoms with Crippen LogP contribution in [0.4, 0.5) is 0 Å². The predicted molar refractivity (Wildman–Crippen MR) is 58.1 cm³/mol. The Morgan fingerprint density at radius 3 is 2.79 bits per heavy atom. The van der Waals surface area contributed by atoms with E-state index in [1.54, 1.807) is 0 Å². The van der Waals surface area contributed by atoms with Crippen LogP contribution >= 0.6 is 0 Å². The molecule has 1 saturated heterocycles. The van der Waals surface area contributed by atoms with E-state index in [9.17, 15) is 4.79 Å². The topological polar surface area (TPSA) is 32.3 Å². The summed E-state index contributed by atoms with van der Waals surface area (Å²) in [5, 5.41) is 3.41. The van der Waals surface area contributed by atoms with Crippen LogP contribution in [0.25, 0.3) is 0 Å². The number of carbonyl (C=O) groups excluding carboxylic acids is 1. The third kappa shape index (κ3) is 3.29. The summed E-state index contributed by atoms with van der Waals surface area (Å²) < 4.78 is 0. The zero-order valence-electron chi connectivity index (χ0n) is 9.55. The zero-order chi connectivity index (χ0) is 10.6. The van der Waals surface area contributed by atoms with Crippen molar-refractivity contribution in [3.05, 3.63) is 0 Å². The molecule has 1 heterocycles. The van der Waals surface area contributed by atoms with Crippen LogP contribution in [0, 0.1) is 5.92 Å². The Kier molecular flexibility index (Phi) is 4.39. The monoisotopic (exact) mass is 198 g/mol. The molecule has 0 aliphatic carbocycles. The molecule has 1 aliphatic rings. The second-order valence-electron chi connectivity index (χ2n) is 4.58. The molecule has 0 spiro atoms. The largest absolute Gasteiger partial charge is 0.343 e. The molecule has 82 valence electrons. The number of hydrogen-bond donors (Lipinski definition) is 1. The average molecular weight is 198 g/mol. The van der Waals surface area contributed by atoms with Gasteiger partial charge >= 0.3 is 0 Å². The van der Waals surface area contributed by atoms with Crippen molar-refractivity contribution >= 4 is 5.91 Å². The lowest BCUT2D eigenvalue weighted by molar-refractivity contribution is -0.127.